The van der Waals surface area contributed by atoms with Gasteiger partial charge in [-0.3, -0.25) is 14.3 Å². The number of halogens is 3. The first-order chi connectivity index (χ1) is 14.2. The second-order valence-electron chi connectivity index (χ2n) is 6.02. The van der Waals surface area contributed by atoms with Crippen molar-refractivity contribution in [3.8, 4) is 5.75 Å². The third-order valence-corrected chi connectivity index (χ3v) is 4.45. The highest BCUT2D eigenvalue weighted by molar-refractivity contribution is 7.09. The van der Waals surface area contributed by atoms with Gasteiger partial charge in [-0.1, -0.05) is 12.1 Å². The summed E-state index contributed by atoms with van der Waals surface area (Å²) in [5, 5.41) is 9.12. The Hall–Kier alpha value is -3.47. The van der Waals surface area contributed by atoms with Crippen LogP contribution in [0.15, 0.2) is 48.0 Å². The van der Waals surface area contributed by atoms with Gasteiger partial charge in [-0.05, 0) is 23.8 Å². The summed E-state index contributed by atoms with van der Waals surface area (Å²) in [7, 11) is 0. The average molecular weight is 436 g/mol. The van der Waals surface area contributed by atoms with E-state index >= 15 is 0 Å². The van der Waals surface area contributed by atoms with Gasteiger partial charge >= 0.3 is 6.36 Å². The van der Waals surface area contributed by atoms with Crippen LogP contribution in [0.3, 0.4) is 0 Å². The molecule has 0 spiro atoms. The second-order valence-corrected chi connectivity index (χ2v) is 6.97. The van der Waals surface area contributed by atoms with E-state index in [-0.39, 0.29) is 11.5 Å². The van der Waals surface area contributed by atoms with E-state index in [4.69, 9.17) is 0 Å². The minimum atomic E-state index is -4.79. The van der Waals surface area contributed by atoms with E-state index in [2.05, 4.69) is 20.1 Å². The van der Waals surface area contributed by atoms with Crippen LogP contribution in [0, 0.1) is 0 Å². The number of amides is 1. The molecule has 11 heteroatoms. The molecule has 30 heavy (non-hydrogen) atoms. The lowest BCUT2D eigenvalue weighted by Gasteiger charge is -2.08. The maximum atomic E-state index is 12.3. The number of benzene rings is 1. The number of thiazole rings is 1. The molecule has 0 saturated heterocycles. The second kappa shape index (κ2) is 8.91. The lowest BCUT2D eigenvalue weighted by atomic mass is 10.2. The molecular formula is C19H15F3N4O3S. The van der Waals surface area contributed by atoms with E-state index in [1.165, 1.54) is 48.6 Å². The number of anilines is 1. The smallest absolute Gasteiger partial charge is 0.406 e. The molecule has 0 aliphatic rings. The van der Waals surface area contributed by atoms with E-state index < -0.39 is 12.3 Å². The number of carbonyl (C=O) groups is 2. The van der Waals surface area contributed by atoms with E-state index in [9.17, 15) is 22.8 Å². The summed E-state index contributed by atoms with van der Waals surface area (Å²) in [6.07, 6.45) is -0.614. The molecule has 0 unspecified atom stereocenters. The van der Waals surface area contributed by atoms with Crippen molar-refractivity contribution in [3.05, 3.63) is 64.2 Å². The molecule has 0 radical (unpaired) electrons. The van der Waals surface area contributed by atoms with Crippen LogP contribution in [-0.2, 0) is 11.3 Å². The number of ether oxygens (including phenoxy) is 1. The van der Waals surface area contributed by atoms with E-state index in [0.29, 0.717) is 28.6 Å². The van der Waals surface area contributed by atoms with Gasteiger partial charge in [0.05, 0.1) is 6.54 Å². The number of aromatic nitrogens is 3. The maximum Gasteiger partial charge on any atom is 0.573 e. The molecule has 3 aromatic rings. The lowest BCUT2D eigenvalue weighted by Crippen LogP contribution is -2.17. The molecule has 3 rings (SSSR count). The Labute approximate surface area is 172 Å². The summed E-state index contributed by atoms with van der Waals surface area (Å²) in [5.41, 5.74) is 0.757. The van der Waals surface area contributed by atoms with Crippen LogP contribution in [0.2, 0.25) is 0 Å². The molecule has 2 heterocycles. The van der Waals surface area contributed by atoms with Crippen LogP contribution in [0.4, 0.5) is 19.0 Å². The summed E-state index contributed by atoms with van der Waals surface area (Å²) in [6.45, 7) is 1.78. The Morgan fingerprint density at radius 3 is 2.80 bits per heavy atom. The minimum Gasteiger partial charge on any atom is -0.406 e. The van der Waals surface area contributed by atoms with Gasteiger partial charge in [0.2, 0.25) is 5.91 Å². The van der Waals surface area contributed by atoms with E-state index in [1.54, 1.807) is 22.3 Å². The fraction of sp³-hybridized carbons (Fsp3) is 0.158. The monoisotopic (exact) mass is 436 g/mol. The largest absolute Gasteiger partial charge is 0.573 e. The van der Waals surface area contributed by atoms with Crippen LogP contribution in [-0.4, -0.2) is 32.8 Å². The van der Waals surface area contributed by atoms with Crippen LogP contribution in [0.5, 0.6) is 5.75 Å². The number of nitrogens with one attached hydrogen (secondary N) is 1. The molecule has 0 bridgehead atoms. The highest BCUT2D eigenvalue weighted by atomic mass is 32.1. The van der Waals surface area contributed by atoms with Crippen molar-refractivity contribution < 1.29 is 27.5 Å². The minimum absolute atomic E-state index is 0.117. The molecule has 0 fully saturated rings. The van der Waals surface area contributed by atoms with Crippen LogP contribution < -0.4 is 10.1 Å². The summed E-state index contributed by atoms with van der Waals surface area (Å²) in [5.74, 6) is -0.704. The number of rotatable bonds is 7. The Bertz CT molecular complexity index is 1090. The van der Waals surface area contributed by atoms with E-state index in [1.807, 2.05) is 0 Å². The molecule has 0 saturated carbocycles. The number of alkyl halides is 3. The van der Waals surface area contributed by atoms with Crippen molar-refractivity contribution in [3.63, 3.8) is 0 Å². The number of hydrogen-bond donors (Lipinski definition) is 1. The summed E-state index contributed by atoms with van der Waals surface area (Å²) >= 11 is 1.33. The van der Waals surface area contributed by atoms with Gasteiger partial charge in [0.1, 0.15) is 16.5 Å². The van der Waals surface area contributed by atoms with Gasteiger partial charge in [-0.2, -0.15) is 5.10 Å². The van der Waals surface area contributed by atoms with Gasteiger partial charge < -0.3 is 10.1 Å². The van der Waals surface area contributed by atoms with E-state index in [0.717, 1.165) is 6.07 Å². The SMILES string of the molecule is CC(=O)c1csc(Cn2ccc(NC(=O)C=Cc3cccc(OC(F)(F)F)c3)n2)n1. The van der Waals surface area contributed by atoms with Gasteiger partial charge in [0.15, 0.2) is 11.6 Å². The molecule has 1 amide bonds. The Morgan fingerprint density at radius 2 is 2.10 bits per heavy atom. The van der Waals surface area contributed by atoms with Crippen molar-refractivity contribution >= 4 is 34.9 Å². The van der Waals surface area contributed by atoms with Crippen LogP contribution >= 0.6 is 11.3 Å². The first kappa shape index (κ1) is 21.2. The topological polar surface area (TPSA) is 86.1 Å². The number of nitrogens with zero attached hydrogens (tertiary/aromatic N) is 3. The number of hydrogen-bond acceptors (Lipinski definition) is 6. The molecule has 156 valence electrons. The first-order valence-corrected chi connectivity index (χ1v) is 9.39. The third-order valence-electron chi connectivity index (χ3n) is 3.62. The van der Waals surface area contributed by atoms with Crippen LogP contribution in [0.25, 0.3) is 6.08 Å². The Kier molecular flexibility index (Phi) is 6.31. The highest BCUT2D eigenvalue weighted by Gasteiger charge is 2.31. The standard InChI is InChI=1S/C19H15F3N4O3S/c1-12(27)15-11-30-18(23-15)10-26-8-7-16(25-26)24-17(28)6-5-13-3-2-4-14(9-13)29-19(20,21)22/h2-9,11H,10H2,1H3,(H,24,25,28). The molecule has 7 nitrogen and oxygen atoms in total. The Balaban J connectivity index is 1.57. The molecule has 1 aromatic carbocycles. The predicted octanol–water partition coefficient (Wildman–Crippen LogP) is 4.14. The van der Waals surface area contributed by atoms with Crippen molar-refractivity contribution in [2.75, 3.05) is 5.32 Å². The van der Waals surface area contributed by atoms with Crippen molar-refractivity contribution in [2.24, 2.45) is 0 Å². The third kappa shape index (κ3) is 6.27. The average Bonchev–Trinajstić information content (AvgIpc) is 3.29. The zero-order valence-corrected chi connectivity index (χ0v) is 16.3. The van der Waals surface area contributed by atoms with Gasteiger partial charge in [0, 0.05) is 30.6 Å². The highest BCUT2D eigenvalue weighted by Crippen LogP contribution is 2.23. The maximum absolute atomic E-state index is 12.3. The quantitative estimate of drug-likeness (QED) is 0.444. The summed E-state index contributed by atoms with van der Waals surface area (Å²) < 4.78 is 42.2. The Morgan fingerprint density at radius 1 is 1.30 bits per heavy atom. The lowest BCUT2D eigenvalue weighted by molar-refractivity contribution is -0.274. The zero-order valence-electron chi connectivity index (χ0n) is 15.5. The fourth-order valence-corrected chi connectivity index (χ4v) is 3.18. The number of carbonyl (C=O) groups excluding carboxylic acids is 2. The zero-order chi connectivity index (χ0) is 21.7. The van der Waals surface area contributed by atoms with Gasteiger partial charge in [0.25, 0.3) is 0 Å². The number of Topliss-reactive ketones (excluding diaryl/α,β-unsaturated/α-hetero) is 1. The molecule has 0 aliphatic heterocycles. The van der Waals surface area contributed by atoms with Gasteiger partial charge in [-0.15, -0.1) is 24.5 Å². The van der Waals surface area contributed by atoms with Gasteiger partial charge in [-0.25, -0.2) is 4.98 Å². The number of ketones is 1. The normalized spacial score (nSPS) is 11.6. The fourth-order valence-electron chi connectivity index (χ4n) is 2.36. The molecule has 2 aromatic heterocycles. The van der Waals surface area contributed by atoms with Crippen molar-refractivity contribution in [1.29, 1.82) is 0 Å². The van der Waals surface area contributed by atoms with Crippen molar-refractivity contribution in [2.45, 2.75) is 19.8 Å². The predicted molar refractivity (Wildman–Crippen MR) is 104 cm³/mol. The molecule has 0 atom stereocenters. The summed E-state index contributed by atoms with van der Waals surface area (Å²) in [6, 6.07) is 6.83. The van der Waals surface area contributed by atoms with Crippen LogP contribution in [0.1, 0.15) is 28.0 Å². The first-order valence-electron chi connectivity index (χ1n) is 8.51. The molecule has 0 aliphatic carbocycles. The summed E-state index contributed by atoms with van der Waals surface area (Å²) in [4.78, 5) is 27.5. The molecule has 1 N–H and O–H groups in total. The van der Waals surface area contributed by atoms with Crippen molar-refractivity contribution in [1.82, 2.24) is 14.8 Å². The molecular weight excluding hydrogens is 421 g/mol.